The Morgan fingerprint density at radius 2 is 2.17 bits per heavy atom. The summed E-state index contributed by atoms with van der Waals surface area (Å²) < 4.78 is 1.18. The molecule has 3 rings (SSSR count). The van der Waals surface area contributed by atoms with Gasteiger partial charge in [-0.05, 0) is 60.0 Å². The van der Waals surface area contributed by atoms with Crippen LogP contribution in [0.25, 0.3) is 10.4 Å². The van der Waals surface area contributed by atoms with E-state index in [9.17, 15) is 0 Å². The highest BCUT2D eigenvalue weighted by Gasteiger charge is 2.20. The molecule has 1 aromatic carbocycles. The molecule has 18 heavy (non-hydrogen) atoms. The molecule has 1 aliphatic carbocycles. The highest BCUT2D eigenvalue weighted by molar-refractivity contribution is 9.10. The number of hydrogen-bond acceptors (Lipinski definition) is 2. The maximum atomic E-state index is 3.56. The topological polar surface area (TPSA) is 12.0 Å². The molecule has 1 N–H and O–H groups in total. The lowest BCUT2D eigenvalue weighted by Crippen LogP contribution is -2.14. The van der Waals surface area contributed by atoms with Crippen molar-refractivity contribution in [2.45, 2.75) is 32.4 Å². The third kappa shape index (κ3) is 2.85. The smallest absolute Gasteiger partial charge is 0.0346 e. The Morgan fingerprint density at radius 3 is 2.89 bits per heavy atom. The molecule has 1 aromatic heterocycles. The number of halogens is 1. The monoisotopic (exact) mass is 321 g/mol. The highest BCUT2D eigenvalue weighted by Crippen LogP contribution is 2.30. The van der Waals surface area contributed by atoms with E-state index in [-0.39, 0.29) is 0 Å². The minimum absolute atomic E-state index is 0.781. The summed E-state index contributed by atoms with van der Waals surface area (Å²) in [5.74, 6) is 0. The predicted molar refractivity (Wildman–Crippen MR) is 82.1 cm³/mol. The van der Waals surface area contributed by atoms with Crippen LogP contribution in [-0.2, 0) is 6.54 Å². The van der Waals surface area contributed by atoms with E-state index in [1.807, 2.05) is 11.3 Å². The summed E-state index contributed by atoms with van der Waals surface area (Å²) >= 11 is 5.38. The Labute approximate surface area is 120 Å². The Balaban J connectivity index is 1.76. The van der Waals surface area contributed by atoms with Crippen LogP contribution in [0.4, 0.5) is 0 Å². The fourth-order valence-electron chi connectivity index (χ4n) is 1.97. The molecule has 0 atom stereocenters. The van der Waals surface area contributed by atoms with Crippen LogP contribution in [0.15, 0.2) is 34.1 Å². The number of nitrogens with one attached hydrogen (secondary N) is 1. The molecule has 0 saturated heterocycles. The molecule has 0 amide bonds. The number of benzene rings is 1. The second-order valence-corrected chi connectivity index (χ2v) is 6.70. The Hall–Kier alpha value is -0.640. The average Bonchev–Trinajstić information content (AvgIpc) is 3.08. The third-order valence-electron chi connectivity index (χ3n) is 3.27. The molecule has 0 aliphatic heterocycles. The maximum absolute atomic E-state index is 3.56. The molecule has 3 heteroatoms. The molecule has 1 saturated carbocycles. The van der Waals surface area contributed by atoms with Crippen molar-refractivity contribution < 1.29 is 0 Å². The number of thiophene rings is 1. The largest absolute Gasteiger partial charge is 0.310 e. The van der Waals surface area contributed by atoms with Crippen LogP contribution < -0.4 is 5.32 Å². The van der Waals surface area contributed by atoms with Crippen molar-refractivity contribution in [1.82, 2.24) is 5.32 Å². The highest BCUT2D eigenvalue weighted by atomic mass is 79.9. The first kappa shape index (κ1) is 12.4. The summed E-state index contributed by atoms with van der Waals surface area (Å²) in [5.41, 5.74) is 4.01. The molecular formula is C15H16BrNS. The summed E-state index contributed by atoms with van der Waals surface area (Å²) in [5, 5.41) is 5.82. The van der Waals surface area contributed by atoms with Crippen LogP contribution in [0.5, 0.6) is 0 Å². The van der Waals surface area contributed by atoms with Gasteiger partial charge in [-0.3, -0.25) is 0 Å². The molecule has 0 radical (unpaired) electrons. The zero-order chi connectivity index (χ0) is 12.5. The van der Waals surface area contributed by atoms with Crippen LogP contribution >= 0.6 is 27.3 Å². The van der Waals surface area contributed by atoms with Gasteiger partial charge in [0.1, 0.15) is 0 Å². The zero-order valence-corrected chi connectivity index (χ0v) is 12.8. The molecule has 1 fully saturated rings. The Morgan fingerprint density at radius 1 is 1.33 bits per heavy atom. The normalized spacial score (nSPS) is 15.0. The van der Waals surface area contributed by atoms with Crippen molar-refractivity contribution in [3.8, 4) is 10.4 Å². The first-order chi connectivity index (χ1) is 8.72. The predicted octanol–water partition coefficient (Wildman–Crippen LogP) is 4.74. The molecule has 1 heterocycles. The summed E-state index contributed by atoms with van der Waals surface area (Å²) in [4.78, 5) is 1.36. The van der Waals surface area contributed by atoms with Gasteiger partial charge in [0.25, 0.3) is 0 Å². The SMILES string of the molecule is Cc1cc(-c2cc(CNC3CC3)cs2)ccc1Br. The van der Waals surface area contributed by atoms with Crippen LogP contribution in [0.2, 0.25) is 0 Å². The minimum atomic E-state index is 0.781. The van der Waals surface area contributed by atoms with Gasteiger partial charge in [-0.25, -0.2) is 0 Å². The van der Waals surface area contributed by atoms with Gasteiger partial charge >= 0.3 is 0 Å². The van der Waals surface area contributed by atoms with Crippen molar-refractivity contribution in [3.05, 3.63) is 45.2 Å². The van der Waals surface area contributed by atoms with Crippen LogP contribution in [0, 0.1) is 6.92 Å². The molecule has 2 aromatic rings. The van der Waals surface area contributed by atoms with Gasteiger partial charge in [0.2, 0.25) is 0 Å². The lowest BCUT2D eigenvalue weighted by molar-refractivity contribution is 0.689. The van der Waals surface area contributed by atoms with E-state index in [4.69, 9.17) is 0 Å². The summed E-state index contributed by atoms with van der Waals surface area (Å²) in [6, 6.07) is 9.65. The second-order valence-electron chi connectivity index (χ2n) is 4.94. The lowest BCUT2D eigenvalue weighted by Gasteiger charge is -2.02. The number of hydrogen-bond donors (Lipinski definition) is 1. The van der Waals surface area contributed by atoms with E-state index in [0.29, 0.717) is 0 Å². The number of rotatable bonds is 4. The van der Waals surface area contributed by atoms with Crippen molar-refractivity contribution in [1.29, 1.82) is 0 Å². The molecule has 1 aliphatic rings. The van der Waals surface area contributed by atoms with Gasteiger partial charge in [-0.15, -0.1) is 11.3 Å². The van der Waals surface area contributed by atoms with E-state index in [1.165, 1.54) is 38.9 Å². The summed E-state index contributed by atoms with van der Waals surface area (Å²) in [6.07, 6.45) is 2.70. The summed E-state index contributed by atoms with van der Waals surface area (Å²) in [6.45, 7) is 3.15. The Bertz CT molecular complexity index is 557. The quantitative estimate of drug-likeness (QED) is 0.857. The van der Waals surface area contributed by atoms with Crippen molar-refractivity contribution >= 4 is 27.3 Å². The zero-order valence-electron chi connectivity index (χ0n) is 10.4. The van der Waals surface area contributed by atoms with Crippen LogP contribution in [0.1, 0.15) is 24.0 Å². The first-order valence-electron chi connectivity index (χ1n) is 6.30. The van der Waals surface area contributed by atoms with Gasteiger partial charge in [0.15, 0.2) is 0 Å². The van der Waals surface area contributed by atoms with Crippen LogP contribution in [-0.4, -0.2) is 6.04 Å². The first-order valence-corrected chi connectivity index (χ1v) is 7.97. The lowest BCUT2D eigenvalue weighted by atomic mass is 10.1. The van der Waals surface area contributed by atoms with Gasteiger partial charge in [0, 0.05) is 21.9 Å². The standard InChI is InChI=1S/C15H16BrNS/c1-10-6-12(2-5-14(10)16)15-7-11(9-18-15)8-17-13-3-4-13/h2,5-7,9,13,17H,3-4,8H2,1H3. The van der Waals surface area contributed by atoms with E-state index >= 15 is 0 Å². The number of aryl methyl sites for hydroxylation is 1. The molecule has 1 nitrogen and oxygen atoms in total. The molecule has 0 bridgehead atoms. The van der Waals surface area contributed by atoms with Crippen LogP contribution in [0.3, 0.4) is 0 Å². The average molecular weight is 322 g/mol. The molecule has 0 unspecified atom stereocenters. The third-order valence-corrected chi connectivity index (χ3v) is 5.19. The fraction of sp³-hybridized carbons (Fsp3) is 0.333. The van der Waals surface area contributed by atoms with Gasteiger partial charge in [-0.1, -0.05) is 22.0 Å². The van der Waals surface area contributed by atoms with E-state index in [2.05, 4.69) is 57.8 Å². The maximum Gasteiger partial charge on any atom is 0.0346 e. The van der Waals surface area contributed by atoms with Crippen molar-refractivity contribution in [2.24, 2.45) is 0 Å². The van der Waals surface area contributed by atoms with Crippen molar-refractivity contribution in [2.75, 3.05) is 0 Å². The summed E-state index contributed by atoms with van der Waals surface area (Å²) in [7, 11) is 0. The fourth-order valence-corrected chi connectivity index (χ4v) is 3.13. The van der Waals surface area contributed by atoms with Gasteiger partial charge in [0.05, 0.1) is 0 Å². The molecule has 94 valence electrons. The van der Waals surface area contributed by atoms with Crippen molar-refractivity contribution in [3.63, 3.8) is 0 Å². The van der Waals surface area contributed by atoms with Gasteiger partial charge < -0.3 is 5.32 Å². The Kier molecular flexibility index (Phi) is 3.55. The second kappa shape index (κ2) is 5.16. The van der Waals surface area contributed by atoms with E-state index < -0.39 is 0 Å². The van der Waals surface area contributed by atoms with Gasteiger partial charge in [-0.2, -0.15) is 0 Å². The molecule has 0 spiro atoms. The van der Waals surface area contributed by atoms with E-state index in [1.54, 1.807) is 0 Å². The van der Waals surface area contributed by atoms with E-state index in [0.717, 1.165) is 12.6 Å². The molecular weight excluding hydrogens is 306 g/mol. The minimum Gasteiger partial charge on any atom is -0.310 e.